The first-order valence-corrected chi connectivity index (χ1v) is 9.18. The Hall–Kier alpha value is -1.45. The molecule has 3 aliphatic rings. The van der Waals surface area contributed by atoms with Crippen molar-refractivity contribution in [3.05, 3.63) is 32.2 Å². The van der Waals surface area contributed by atoms with Crippen molar-refractivity contribution in [3.8, 4) is 0 Å². The third-order valence-corrected chi connectivity index (χ3v) is 3.40. The number of carbonyl (C=O) groups excluding carboxylic acids is 3. The van der Waals surface area contributed by atoms with Gasteiger partial charge in [-0.05, 0) is 18.2 Å². The number of rotatable bonds is 0. The molecule has 0 radical (unpaired) electrons. The second-order valence-electron chi connectivity index (χ2n) is 5.47. The van der Waals surface area contributed by atoms with E-state index in [2.05, 4.69) is 16.0 Å². The van der Waals surface area contributed by atoms with E-state index in [1.54, 1.807) is 0 Å². The molecule has 10 heteroatoms. The molecule has 0 aromatic rings. The second kappa shape index (κ2) is 40.3. The smallest absolute Gasteiger partial charge is 0.724 e. The predicted octanol–water partition coefficient (Wildman–Crippen LogP) is 4.30. The van der Waals surface area contributed by atoms with Crippen molar-refractivity contribution in [1.29, 1.82) is 0 Å². The SMILES string of the molecule is C1CC[N-]CC1.C1CC[N-]CC1.C1CC[N-]CC1.[Cr+6].[N-]=C=O.[N-]=C=O.[N-]=C=O. The number of nitrogens with zero attached hydrogens (tertiary/aromatic N) is 6. The van der Waals surface area contributed by atoms with Crippen LogP contribution in [0.4, 0.5) is 0 Å². The molecule has 0 aromatic carbocycles. The van der Waals surface area contributed by atoms with E-state index >= 15 is 0 Å². The molecule has 0 amide bonds. The van der Waals surface area contributed by atoms with E-state index in [4.69, 9.17) is 30.6 Å². The predicted molar refractivity (Wildman–Crippen MR) is 108 cm³/mol. The minimum Gasteiger partial charge on any atom is -0.724 e. The molecule has 0 N–H and O–H groups in total. The zero-order valence-corrected chi connectivity index (χ0v) is 17.7. The van der Waals surface area contributed by atoms with E-state index in [1.807, 2.05) is 0 Å². The molecule has 9 nitrogen and oxygen atoms in total. The maximum Gasteiger partial charge on any atom is 6.00 e. The monoisotopic (exact) mass is 430 g/mol. The van der Waals surface area contributed by atoms with Gasteiger partial charge in [-0.2, -0.15) is 0 Å². The van der Waals surface area contributed by atoms with Gasteiger partial charge >= 0.3 is 17.4 Å². The Morgan fingerprint density at radius 2 is 0.571 bits per heavy atom. The Bertz CT molecular complexity index is 278. The van der Waals surface area contributed by atoms with Gasteiger partial charge < -0.3 is 32.2 Å². The zero-order valence-electron chi connectivity index (χ0n) is 16.4. The molecule has 3 rings (SSSR count). The van der Waals surface area contributed by atoms with Crippen LogP contribution < -0.4 is 0 Å². The Labute approximate surface area is 179 Å². The van der Waals surface area contributed by atoms with Crippen LogP contribution in [-0.4, -0.2) is 57.5 Å². The Morgan fingerprint density at radius 1 is 0.429 bits per heavy atom. The second-order valence-corrected chi connectivity index (χ2v) is 5.47. The van der Waals surface area contributed by atoms with Crippen molar-refractivity contribution in [2.45, 2.75) is 57.8 Å². The molecule has 0 bridgehead atoms. The third kappa shape index (κ3) is 49.7. The van der Waals surface area contributed by atoms with E-state index in [-0.39, 0.29) is 17.4 Å². The van der Waals surface area contributed by atoms with E-state index in [9.17, 15) is 0 Å². The molecule has 0 aromatic heterocycles. The summed E-state index contributed by atoms with van der Waals surface area (Å²) in [5, 5.41) is 32.8. The number of piperidine rings is 3. The van der Waals surface area contributed by atoms with Crippen molar-refractivity contribution in [1.82, 2.24) is 0 Å². The minimum atomic E-state index is 0. The van der Waals surface area contributed by atoms with Crippen LogP contribution in [-0.2, 0) is 31.7 Å². The van der Waals surface area contributed by atoms with Crippen LogP contribution in [0.3, 0.4) is 0 Å². The first-order chi connectivity index (χ1) is 13.2. The zero-order chi connectivity index (χ0) is 20.8. The average molecular weight is 430 g/mol. The molecule has 3 heterocycles. The molecule has 3 aliphatic heterocycles. The van der Waals surface area contributed by atoms with Gasteiger partial charge in [0.25, 0.3) is 0 Å². The fourth-order valence-electron chi connectivity index (χ4n) is 2.21. The van der Waals surface area contributed by atoms with Crippen molar-refractivity contribution in [2.75, 3.05) is 39.3 Å². The maximum atomic E-state index is 8.24. The van der Waals surface area contributed by atoms with Gasteiger partial charge in [-0.25, -0.2) is 0 Å². The van der Waals surface area contributed by atoms with Gasteiger partial charge in [-0.3, -0.25) is 14.4 Å². The van der Waals surface area contributed by atoms with Crippen LogP contribution in [0.15, 0.2) is 0 Å². The van der Waals surface area contributed by atoms with E-state index in [0.29, 0.717) is 18.2 Å². The average Bonchev–Trinajstić information content (AvgIpc) is 2.75. The summed E-state index contributed by atoms with van der Waals surface area (Å²) in [5.41, 5.74) is 0. The van der Waals surface area contributed by atoms with E-state index < -0.39 is 0 Å². The summed E-state index contributed by atoms with van der Waals surface area (Å²) in [6.45, 7) is 6.75. The molecular weight excluding hydrogens is 400 g/mol. The standard InChI is InChI=1S/3C5H10N.3CNO.Cr/c3*1-2-4-6-5-3-1;3*2-1-3;/h3*1-5H2;;;;/q6*-1;+6. The quantitative estimate of drug-likeness (QED) is 0.414. The molecular formula is C18H30CrN6O3. The Morgan fingerprint density at radius 3 is 0.607 bits per heavy atom. The summed E-state index contributed by atoms with van der Waals surface area (Å²) < 4.78 is 0. The van der Waals surface area contributed by atoms with Crippen LogP contribution in [0.2, 0.25) is 0 Å². The minimum absolute atomic E-state index is 0. The molecule has 0 atom stereocenters. The molecule has 0 unspecified atom stereocenters. The Balaban J connectivity index is -0.000000127. The molecule has 3 saturated heterocycles. The van der Waals surface area contributed by atoms with Crippen LogP contribution in [0, 0.1) is 0 Å². The first-order valence-electron chi connectivity index (χ1n) is 9.18. The summed E-state index contributed by atoms with van der Waals surface area (Å²) in [6, 6.07) is 0. The van der Waals surface area contributed by atoms with Gasteiger partial charge in [0.05, 0.1) is 0 Å². The van der Waals surface area contributed by atoms with Gasteiger partial charge in [-0.15, -0.1) is 39.3 Å². The van der Waals surface area contributed by atoms with Gasteiger partial charge in [-0.1, -0.05) is 57.8 Å². The summed E-state index contributed by atoms with van der Waals surface area (Å²) in [4.78, 5) is 24.7. The van der Waals surface area contributed by atoms with Crippen molar-refractivity contribution in [2.24, 2.45) is 0 Å². The summed E-state index contributed by atoms with van der Waals surface area (Å²) in [7, 11) is 0. The number of isocyanates is 3. The molecule has 3 fully saturated rings. The van der Waals surface area contributed by atoms with Crippen molar-refractivity contribution in [3.63, 3.8) is 0 Å². The van der Waals surface area contributed by atoms with E-state index in [0.717, 1.165) is 39.3 Å². The van der Waals surface area contributed by atoms with Gasteiger partial charge in [0, 0.05) is 0 Å². The summed E-state index contributed by atoms with van der Waals surface area (Å²) in [6.07, 6.45) is 13.7. The van der Waals surface area contributed by atoms with Gasteiger partial charge in [0.2, 0.25) is 0 Å². The third-order valence-electron chi connectivity index (χ3n) is 3.40. The van der Waals surface area contributed by atoms with Crippen LogP contribution in [0.5, 0.6) is 0 Å². The maximum absolute atomic E-state index is 8.24. The molecule has 156 valence electrons. The molecule has 28 heavy (non-hydrogen) atoms. The van der Waals surface area contributed by atoms with Gasteiger partial charge in [0.1, 0.15) is 0 Å². The molecule has 0 saturated carbocycles. The van der Waals surface area contributed by atoms with Gasteiger partial charge in [0.15, 0.2) is 0 Å². The van der Waals surface area contributed by atoms with Crippen LogP contribution in [0.1, 0.15) is 57.8 Å². The summed E-state index contributed by atoms with van der Waals surface area (Å²) in [5.74, 6) is 0. The molecule has 0 spiro atoms. The van der Waals surface area contributed by atoms with E-state index in [1.165, 1.54) is 57.8 Å². The fourth-order valence-corrected chi connectivity index (χ4v) is 2.21. The normalized spacial score (nSPS) is 16.3. The van der Waals surface area contributed by atoms with Crippen molar-refractivity contribution >= 4 is 18.2 Å². The van der Waals surface area contributed by atoms with Crippen LogP contribution in [0.25, 0.3) is 32.2 Å². The van der Waals surface area contributed by atoms with Crippen molar-refractivity contribution < 1.29 is 31.7 Å². The largest absolute Gasteiger partial charge is 6.00 e. The number of hydrogen-bond donors (Lipinski definition) is 0. The Kier molecular flexibility index (Phi) is 49.1. The fraction of sp³-hybridized carbons (Fsp3) is 0.833. The summed E-state index contributed by atoms with van der Waals surface area (Å²) >= 11 is 0. The van der Waals surface area contributed by atoms with Crippen LogP contribution >= 0.6 is 0 Å². The first kappa shape index (κ1) is 34.1. The topological polar surface area (TPSA) is 160 Å². The number of hydrogen-bond acceptors (Lipinski definition) is 3. The molecule has 0 aliphatic carbocycles.